The second kappa shape index (κ2) is 3.14. The van der Waals surface area contributed by atoms with Gasteiger partial charge in [-0.1, -0.05) is 20.8 Å². The SMILES string of the molecule is Cc1nc(CN)n(C)c1C(C)(C)C. The minimum absolute atomic E-state index is 0.138. The molecule has 0 unspecified atom stereocenters. The van der Waals surface area contributed by atoms with Gasteiger partial charge in [0.15, 0.2) is 0 Å². The van der Waals surface area contributed by atoms with E-state index in [0.29, 0.717) is 6.54 Å². The van der Waals surface area contributed by atoms with Crippen LogP contribution in [0.1, 0.15) is 38.0 Å². The summed E-state index contributed by atoms with van der Waals surface area (Å²) in [5, 5.41) is 0. The molecule has 1 rings (SSSR count). The van der Waals surface area contributed by atoms with Gasteiger partial charge in [0.1, 0.15) is 5.82 Å². The average Bonchev–Trinajstić information content (AvgIpc) is 2.24. The van der Waals surface area contributed by atoms with Crippen LogP contribution in [0.4, 0.5) is 0 Å². The lowest BCUT2D eigenvalue weighted by atomic mass is 9.91. The molecule has 3 nitrogen and oxygen atoms in total. The van der Waals surface area contributed by atoms with Crippen molar-refractivity contribution in [2.24, 2.45) is 12.8 Å². The van der Waals surface area contributed by atoms with E-state index in [1.54, 1.807) is 0 Å². The molecule has 0 fully saturated rings. The molecule has 2 N–H and O–H groups in total. The van der Waals surface area contributed by atoms with Gasteiger partial charge in [-0.3, -0.25) is 0 Å². The maximum Gasteiger partial charge on any atom is 0.122 e. The third-order valence-corrected chi connectivity index (χ3v) is 2.26. The smallest absolute Gasteiger partial charge is 0.122 e. The van der Waals surface area contributed by atoms with Crippen molar-refractivity contribution < 1.29 is 0 Å². The molecule has 0 atom stereocenters. The van der Waals surface area contributed by atoms with Crippen molar-refractivity contribution >= 4 is 0 Å². The van der Waals surface area contributed by atoms with Crippen LogP contribution in [-0.2, 0) is 19.0 Å². The molecule has 0 aromatic carbocycles. The number of aryl methyl sites for hydroxylation is 1. The van der Waals surface area contributed by atoms with Crippen LogP contribution in [0.3, 0.4) is 0 Å². The number of nitrogens with zero attached hydrogens (tertiary/aromatic N) is 2. The molecule has 0 saturated carbocycles. The van der Waals surface area contributed by atoms with E-state index in [-0.39, 0.29) is 5.41 Å². The molecule has 13 heavy (non-hydrogen) atoms. The van der Waals surface area contributed by atoms with Crippen molar-refractivity contribution in [3.8, 4) is 0 Å². The van der Waals surface area contributed by atoms with Crippen molar-refractivity contribution in [3.05, 3.63) is 17.2 Å². The largest absolute Gasteiger partial charge is 0.333 e. The molecule has 0 saturated heterocycles. The fourth-order valence-electron chi connectivity index (χ4n) is 1.92. The second-order valence-corrected chi connectivity index (χ2v) is 4.48. The highest BCUT2D eigenvalue weighted by atomic mass is 15.1. The third-order valence-electron chi connectivity index (χ3n) is 2.26. The first kappa shape index (κ1) is 10.3. The normalized spacial score (nSPS) is 12.2. The fraction of sp³-hybridized carbons (Fsp3) is 0.700. The summed E-state index contributed by atoms with van der Waals surface area (Å²) in [7, 11) is 2.03. The lowest BCUT2D eigenvalue weighted by Gasteiger charge is -2.20. The Kier molecular flexibility index (Phi) is 2.48. The highest BCUT2D eigenvalue weighted by Gasteiger charge is 2.22. The van der Waals surface area contributed by atoms with Gasteiger partial charge in [-0.2, -0.15) is 0 Å². The number of imidazole rings is 1. The Morgan fingerprint density at radius 1 is 1.38 bits per heavy atom. The van der Waals surface area contributed by atoms with Crippen molar-refractivity contribution in [2.45, 2.75) is 39.7 Å². The summed E-state index contributed by atoms with van der Waals surface area (Å²) in [5.41, 5.74) is 8.10. The molecule has 0 amide bonds. The van der Waals surface area contributed by atoms with Gasteiger partial charge in [-0.15, -0.1) is 0 Å². The van der Waals surface area contributed by atoms with Crippen LogP contribution in [-0.4, -0.2) is 9.55 Å². The van der Waals surface area contributed by atoms with E-state index in [1.807, 2.05) is 14.0 Å². The number of rotatable bonds is 1. The lowest BCUT2D eigenvalue weighted by Crippen LogP contribution is -2.18. The van der Waals surface area contributed by atoms with Crippen molar-refractivity contribution in [2.75, 3.05) is 0 Å². The van der Waals surface area contributed by atoms with Crippen LogP contribution in [0.2, 0.25) is 0 Å². The number of nitrogens with two attached hydrogens (primary N) is 1. The van der Waals surface area contributed by atoms with Gasteiger partial charge in [0.2, 0.25) is 0 Å². The Morgan fingerprint density at radius 3 is 2.15 bits per heavy atom. The standard InChI is InChI=1S/C10H19N3/c1-7-9(10(2,3)4)13(5)8(6-11)12-7/h6,11H2,1-5H3. The highest BCUT2D eigenvalue weighted by molar-refractivity contribution is 5.22. The first-order valence-electron chi connectivity index (χ1n) is 4.60. The molecular formula is C10H19N3. The van der Waals surface area contributed by atoms with E-state index in [9.17, 15) is 0 Å². The Bertz CT molecular complexity index is 305. The minimum Gasteiger partial charge on any atom is -0.333 e. The van der Waals surface area contributed by atoms with Gasteiger partial charge in [0.25, 0.3) is 0 Å². The summed E-state index contributed by atoms with van der Waals surface area (Å²) < 4.78 is 2.11. The van der Waals surface area contributed by atoms with Crippen LogP contribution >= 0.6 is 0 Å². The molecule has 1 aromatic rings. The molecule has 0 spiro atoms. The maximum absolute atomic E-state index is 5.59. The molecule has 0 aliphatic rings. The van der Waals surface area contributed by atoms with Gasteiger partial charge < -0.3 is 10.3 Å². The number of aromatic nitrogens is 2. The highest BCUT2D eigenvalue weighted by Crippen LogP contribution is 2.25. The molecule has 1 heterocycles. The number of hydrogen-bond donors (Lipinski definition) is 1. The molecule has 3 heteroatoms. The summed E-state index contributed by atoms with van der Waals surface area (Å²) in [5.74, 6) is 0.961. The first-order valence-corrected chi connectivity index (χ1v) is 4.60. The number of hydrogen-bond acceptors (Lipinski definition) is 2. The fourth-order valence-corrected chi connectivity index (χ4v) is 1.92. The molecule has 0 aliphatic heterocycles. The molecular weight excluding hydrogens is 162 g/mol. The molecule has 74 valence electrons. The van der Waals surface area contributed by atoms with Crippen LogP contribution in [0.5, 0.6) is 0 Å². The van der Waals surface area contributed by atoms with Crippen molar-refractivity contribution in [1.29, 1.82) is 0 Å². The average molecular weight is 181 g/mol. The van der Waals surface area contributed by atoms with Crippen LogP contribution in [0.25, 0.3) is 0 Å². The summed E-state index contributed by atoms with van der Waals surface area (Å²) in [6.07, 6.45) is 0. The lowest BCUT2D eigenvalue weighted by molar-refractivity contribution is 0.533. The quantitative estimate of drug-likeness (QED) is 0.713. The monoisotopic (exact) mass is 181 g/mol. The van der Waals surface area contributed by atoms with E-state index in [4.69, 9.17) is 5.73 Å². The molecule has 0 bridgehead atoms. The van der Waals surface area contributed by atoms with E-state index in [0.717, 1.165) is 11.5 Å². The zero-order valence-corrected chi connectivity index (χ0v) is 9.18. The van der Waals surface area contributed by atoms with E-state index in [2.05, 4.69) is 30.3 Å². The Morgan fingerprint density at radius 2 is 1.92 bits per heavy atom. The summed E-state index contributed by atoms with van der Waals surface area (Å²) in [6.45, 7) is 9.12. The molecule has 1 aromatic heterocycles. The Hall–Kier alpha value is -0.830. The zero-order chi connectivity index (χ0) is 10.2. The van der Waals surface area contributed by atoms with E-state index in [1.165, 1.54) is 5.69 Å². The van der Waals surface area contributed by atoms with E-state index >= 15 is 0 Å². The molecule has 0 radical (unpaired) electrons. The first-order chi connectivity index (χ1) is 5.88. The maximum atomic E-state index is 5.59. The van der Waals surface area contributed by atoms with Crippen LogP contribution < -0.4 is 5.73 Å². The summed E-state index contributed by atoms with van der Waals surface area (Å²) in [4.78, 5) is 4.43. The van der Waals surface area contributed by atoms with Gasteiger partial charge in [-0.25, -0.2) is 4.98 Å². The summed E-state index contributed by atoms with van der Waals surface area (Å²) >= 11 is 0. The van der Waals surface area contributed by atoms with Crippen LogP contribution in [0, 0.1) is 6.92 Å². The van der Waals surface area contributed by atoms with Gasteiger partial charge >= 0.3 is 0 Å². The van der Waals surface area contributed by atoms with Gasteiger partial charge in [0.05, 0.1) is 12.2 Å². The summed E-state index contributed by atoms with van der Waals surface area (Å²) in [6, 6.07) is 0. The topological polar surface area (TPSA) is 43.8 Å². The van der Waals surface area contributed by atoms with Crippen LogP contribution in [0.15, 0.2) is 0 Å². The van der Waals surface area contributed by atoms with Crippen molar-refractivity contribution in [1.82, 2.24) is 9.55 Å². The Labute approximate surface area is 80.0 Å². The second-order valence-electron chi connectivity index (χ2n) is 4.48. The zero-order valence-electron chi connectivity index (χ0n) is 9.18. The Balaban J connectivity index is 3.29. The minimum atomic E-state index is 0.138. The van der Waals surface area contributed by atoms with Crippen molar-refractivity contribution in [3.63, 3.8) is 0 Å². The predicted molar refractivity (Wildman–Crippen MR) is 54.5 cm³/mol. The van der Waals surface area contributed by atoms with Gasteiger partial charge in [-0.05, 0) is 6.92 Å². The van der Waals surface area contributed by atoms with E-state index < -0.39 is 0 Å². The third kappa shape index (κ3) is 1.75. The predicted octanol–water partition coefficient (Wildman–Crippen LogP) is 1.48. The van der Waals surface area contributed by atoms with Gasteiger partial charge in [0, 0.05) is 18.2 Å². The molecule has 0 aliphatic carbocycles.